The molecule has 0 saturated heterocycles. The van der Waals surface area contributed by atoms with Gasteiger partial charge in [0.1, 0.15) is 0 Å². The third kappa shape index (κ3) is 8.49. The van der Waals surface area contributed by atoms with Crippen LogP contribution >= 0.6 is 0 Å². The standard InChI is InChI=1S/C15H27N/c1-5-14(4)9-10-15(11-12-16)8-6-7-13(2)3/h5,7,11,14H,1,6,8-10,12,16H2,2-4H3/b15-11-. The van der Waals surface area contributed by atoms with Crippen molar-refractivity contribution in [2.45, 2.75) is 46.5 Å². The van der Waals surface area contributed by atoms with Crippen LogP contribution in [0, 0.1) is 5.92 Å². The molecule has 1 nitrogen and oxygen atoms in total. The highest BCUT2D eigenvalue weighted by molar-refractivity contribution is 5.06. The van der Waals surface area contributed by atoms with E-state index in [1.807, 2.05) is 6.08 Å². The van der Waals surface area contributed by atoms with Crippen LogP contribution in [0.1, 0.15) is 46.5 Å². The van der Waals surface area contributed by atoms with Gasteiger partial charge in [0, 0.05) is 6.54 Å². The zero-order valence-corrected chi connectivity index (χ0v) is 11.1. The predicted octanol–water partition coefficient (Wildman–Crippen LogP) is 4.22. The molecule has 0 aromatic heterocycles. The van der Waals surface area contributed by atoms with Crippen LogP contribution in [0.15, 0.2) is 36.0 Å². The van der Waals surface area contributed by atoms with Crippen LogP contribution in [0.2, 0.25) is 0 Å². The minimum atomic E-state index is 0.602. The first-order chi connectivity index (χ1) is 7.60. The first kappa shape index (κ1) is 15.2. The lowest BCUT2D eigenvalue weighted by Crippen LogP contribution is -1.98. The van der Waals surface area contributed by atoms with Crippen molar-refractivity contribution < 1.29 is 0 Å². The number of hydrogen-bond donors (Lipinski definition) is 1. The molecule has 0 rings (SSSR count). The SMILES string of the molecule is C=CC(C)CC/C(=C\CN)CCC=C(C)C. The average molecular weight is 221 g/mol. The first-order valence-corrected chi connectivity index (χ1v) is 6.24. The number of rotatable bonds is 8. The number of allylic oxidation sites excluding steroid dienone is 4. The molecule has 1 atom stereocenters. The maximum atomic E-state index is 5.59. The van der Waals surface area contributed by atoms with Crippen molar-refractivity contribution >= 4 is 0 Å². The molecule has 0 spiro atoms. The Bertz CT molecular complexity index is 244. The van der Waals surface area contributed by atoms with E-state index in [9.17, 15) is 0 Å². The summed E-state index contributed by atoms with van der Waals surface area (Å²) in [4.78, 5) is 0. The van der Waals surface area contributed by atoms with Crippen molar-refractivity contribution in [1.29, 1.82) is 0 Å². The van der Waals surface area contributed by atoms with Gasteiger partial charge in [0.2, 0.25) is 0 Å². The lowest BCUT2D eigenvalue weighted by molar-refractivity contribution is 0.633. The van der Waals surface area contributed by atoms with E-state index in [1.165, 1.54) is 17.6 Å². The summed E-state index contributed by atoms with van der Waals surface area (Å²) in [6.07, 6.45) is 11.1. The molecule has 0 aromatic rings. The van der Waals surface area contributed by atoms with Gasteiger partial charge in [-0.15, -0.1) is 6.58 Å². The monoisotopic (exact) mass is 221 g/mol. The molecule has 1 unspecified atom stereocenters. The topological polar surface area (TPSA) is 26.0 Å². The summed E-state index contributed by atoms with van der Waals surface area (Å²) in [5, 5.41) is 0. The van der Waals surface area contributed by atoms with E-state index >= 15 is 0 Å². The van der Waals surface area contributed by atoms with E-state index in [-0.39, 0.29) is 0 Å². The summed E-state index contributed by atoms with van der Waals surface area (Å²) in [6, 6.07) is 0. The zero-order chi connectivity index (χ0) is 12.4. The lowest BCUT2D eigenvalue weighted by Gasteiger charge is -2.09. The van der Waals surface area contributed by atoms with Crippen LogP contribution in [0.4, 0.5) is 0 Å². The molecule has 92 valence electrons. The molecular weight excluding hydrogens is 194 g/mol. The Morgan fingerprint density at radius 3 is 2.44 bits per heavy atom. The molecule has 0 amide bonds. The van der Waals surface area contributed by atoms with Gasteiger partial charge in [-0.1, -0.05) is 36.3 Å². The fourth-order valence-corrected chi connectivity index (χ4v) is 1.57. The molecule has 0 radical (unpaired) electrons. The molecule has 0 heterocycles. The van der Waals surface area contributed by atoms with Gasteiger partial charge in [-0.3, -0.25) is 0 Å². The minimum Gasteiger partial charge on any atom is -0.327 e. The molecule has 0 fully saturated rings. The largest absolute Gasteiger partial charge is 0.327 e. The summed E-state index contributed by atoms with van der Waals surface area (Å²) in [5.41, 5.74) is 8.48. The third-order valence-corrected chi connectivity index (χ3v) is 2.75. The molecule has 2 N–H and O–H groups in total. The molecule has 0 aliphatic heterocycles. The van der Waals surface area contributed by atoms with Crippen molar-refractivity contribution in [1.82, 2.24) is 0 Å². The van der Waals surface area contributed by atoms with Crippen molar-refractivity contribution in [3.05, 3.63) is 36.0 Å². The van der Waals surface area contributed by atoms with Gasteiger partial charge in [0.05, 0.1) is 0 Å². The molecule has 0 bridgehead atoms. The molecule has 16 heavy (non-hydrogen) atoms. The maximum absolute atomic E-state index is 5.59. The van der Waals surface area contributed by atoms with E-state index in [2.05, 4.69) is 39.5 Å². The molecular formula is C15H27N. The molecule has 1 heteroatoms. The Hall–Kier alpha value is -0.820. The Morgan fingerprint density at radius 1 is 1.25 bits per heavy atom. The van der Waals surface area contributed by atoms with Gasteiger partial charge in [-0.2, -0.15) is 0 Å². The molecule has 0 saturated carbocycles. The third-order valence-electron chi connectivity index (χ3n) is 2.75. The second-order valence-corrected chi connectivity index (χ2v) is 4.67. The van der Waals surface area contributed by atoms with Gasteiger partial charge in [-0.05, 0) is 45.4 Å². The summed E-state index contributed by atoms with van der Waals surface area (Å²) < 4.78 is 0. The zero-order valence-electron chi connectivity index (χ0n) is 11.1. The molecule has 0 aliphatic carbocycles. The van der Waals surface area contributed by atoms with Crippen LogP contribution in [0.5, 0.6) is 0 Å². The highest BCUT2D eigenvalue weighted by atomic mass is 14.5. The van der Waals surface area contributed by atoms with E-state index in [0.29, 0.717) is 12.5 Å². The summed E-state index contributed by atoms with van der Waals surface area (Å²) >= 11 is 0. The van der Waals surface area contributed by atoms with Gasteiger partial charge < -0.3 is 5.73 Å². The fraction of sp³-hybridized carbons (Fsp3) is 0.600. The maximum Gasteiger partial charge on any atom is 0.0109 e. The quantitative estimate of drug-likeness (QED) is 0.610. The fourth-order valence-electron chi connectivity index (χ4n) is 1.57. The Morgan fingerprint density at radius 2 is 1.94 bits per heavy atom. The first-order valence-electron chi connectivity index (χ1n) is 6.24. The van der Waals surface area contributed by atoms with Crippen LogP contribution < -0.4 is 5.73 Å². The second kappa shape index (κ2) is 9.41. The number of nitrogens with two attached hydrogens (primary N) is 1. The molecule has 0 aromatic carbocycles. The highest BCUT2D eigenvalue weighted by Gasteiger charge is 2.00. The Labute approximate surface area is 101 Å². The Kier molecular flexibility index (Phi) is 8.93. The number of hydrogen-bond acceptors (Lipinski definition) is 1. The average Bonchev–Trinajstić information content (AvgIpc) is 2.24. The lowest BCUT2D eigenvalue weighted by atomic mass is 9.98. The summed E-state index contributed by atoms with van der Waals surface area (Å²) in [7, 11) is 0. The van der Waals surface area contributed by atoms with Crippen molar-refractivity contribution in [2.24, 2.45) is 11.7 Å². The smallest absolute Gasteiger partial charge is 0.0109 e. The van der Waals surface area contributed by atoms with Crippen LogP contribution in [-0.2, 0) is 0 Å². The van der Waals surface area contributed by atoms with E-state index < -0.39 is 0 Å². The van der Waals surface area contributed by atoms with Crippen LogP contribution in [0.3, 0.4) is 0 Å². The van der Waals surface area contributed by atoms with Crippen LogP contribution in [-0.4, -0.2) is 6.54 Å². The Balaban J connectivity index is 4.03. The minimum absolute atomic E-state index is 0.602. The van der Waals surface area contributed by atoms with E-state index in [1.54, 1.807) is 0 Å². The normalized spacial score (nSPS) is 13.4. The van der Waals surface area contributed by atoms with E-state index in [0.717, 1.165) is 19.3 Å². The van der Waals surface area contributed by atoms with E-state index in [4.69, 9.17) is 5.73 Å². The summed E-state index contributed by atoms with van der Waals surface area (Å²) in [6.45, 7) is 11.0. The van der Waals surface area contributed by atoms with Gasteiger partial charge in [0.15, 0.2) is 0 Å². The second-order valence-electron chi connectivity index (χ2n) is 4.67. The van der Waals surface area contributed by atoms with Gasteiger partial charge >= 0.3 is 0 Å². The highest BCUT2D eigenvalue weighted by Crippen LogP contribution is 2.17. The van der Waals surface area contributed by atoms with Crippen molar-refractivity contribution in [3.8, 4) is 0 Å². The van der Waals surface area contributed by atoms with Crippen molar-refractivity contribution in [3.63, 3.8) is 0 Å². The predicted molar refractivity (Wildman–Crippen MR) is 74.4 cm³/mol. The van der Waals surface area contributed by atoms with Crippen LogP contribution in [0.25, 0.3) is 0 Å². The van der Waals surface area contributed by atoms with Crippen molar-refractivity contribution in [2.75, 3.05) is 6.54 Å². The van der Waals surface area contributed by atoms with Gasteiger partial charge in [-0.25, -0.2) is 0 Å². The summed E-state index contributed by atoms with van der Waals surface area (Å²) in [5.74, 6) is 0.602. The van der Waals surface area contributed by atoms with Gasteiger partial charge in [0.25, 0.3) is 0 Å². The molecule has 0 aliphatic rings.